The summed E-state index contributed by atoms with van der Waals surface area (Å²) in [7, 11) is 1.99. The average Bonchev–Trinajstić information content (AvgIpc) is 2.18. The number of hydrogen-bond donors (Lipinski definition) is 0. The van der Waals surface area contributed by atoms with Crippen LogP contribution in [0, 0.1) is 0 Å². The molecule has 0 saturated carbocycles. The van der Waals surface area contributed by atoms with Gasteiger partial charge in [-0.15, -0.1) is 0 Å². The summed E-state index contributed by atoms with van der Waals surface area (Å²) in [5, 5.41) is 0. The first-order valence-corrected chi connectivity index (χ1v) is 3.28. The van der Waals surface area contributed by atoms with E-state index in [0.29, 0.717) is 0 Å². The molecule has 1 fully saturated rings. The molecular formula is C6H13NO2. The van der Waals surface area contributed by atoms with E-state index in [-0.39, 0.29) is 6.41 Å². The van der Waals surface area contributed by atoms with Crippen molar-refractivity contribution in [1.29, 1.82) is 0 Å². The summed E-state index contributed by atoms with van der Waals surface area (Å²) < 4.78 is 10.4. The second kappa shape index (κ2) is 3.15. The molecule has 0 bridgehead atoms. The highest BCUT2D eigenvalue weighted by Crippen LogP contribution is 2.06. The van der Waals surface area contributed by atoms with Crippen molar-refractivity contribution in [2.45, 2.75) is 13.3 Å². The van der Waals surface area contributed by atoms with Gasteiger partial charge >= 0.3 is 0 Å². The lowest BCUT2D eigenvalue weighted by Crippen LogP contribution is -2.28. The van der Waals surface area contributed by atoms with Gasteiger partial charge in [0, 0.05) is 13.2 Å². The Morgan fingerprint density at radius 3 is 3.00 bits per heavy atom. The van der Waals surface area contributed by atoms with Crippen LogP contribution in [0.2, 0.25) is 0 Å². The van der Waals surface area contributed by atoms with Crippen LogP contribution in [-0.4, -0.2) is 38.1 Å². The zero-order valence-electron chi connectivity index (χ0n) is 5.96. The molecule has 0 aromatic carbocycles. The third-order valence-electron chi connectivity index (χ3n) is 1.37. The average molecular weight is 131 g/mol. The Bertz CT molecular complexity index is 87.1. The van der Waals surface area contributed by atoms with E-state index in [1.807, 2.05) is 18.9 Å². The van der Waals surface area contributed by atoms with Crippen LogP contribution in [0.1, 0.15) is 6.92 Å². The fourth-order valence-corrected chi connectivity index (χ4v) is 0.848. The van der Waals surface area contributed by atoms with Gasteiger partial charge in [0.1, 0.15) is 0 Å². The maximum atomic E-state index is 5.22. The molecule has 1 unspecified atom stereocenters. The third kappa shape index (κ3) is 1.64. The van der Waals surface area contributed by atoms with Gasteiger partial charge in [0.25, 0.3) is 0 Å². The van der Waals surface area contributed by atoms with Crippen molar-refractivity contribution in [3.05, 3.63) is 0 Å². The van der Waals surface area contributed by atoms with Gasteiger partial charge in [-0.3, -0.25) is 4.90 Å². The molecule has 0 aliphatic carbocycles. The largest absolute Gasteiger partial charge is 0.340 e. The standard InChI is InChI=1S/C6H13NO2/c1-3-8-6-7(2)4-5-9-6/h6H,3-5H2,1-2H3. The molecule has 0 spiro atoms. The minimum Gasteiger partial charge on any atom is -0.340 e. The van der Waals surface area contributed by atoms with Crippen LogP contribution in [0.15, 0.2) is 0 Å². The van der Waals surface area contributed by atoms with Crippen molar-refractivity contribution in [2.24, 2.45) is 0 Å². The van der Waals surface area contributed by atoms with Crippen LogP contribution < -0.4 is 0 Å². The Morgan fingerprint density at radius 1 is 1.78 bits per heavy atom. The lowest BCUT2D eigenvalue weighted by molar-refractivity contribution is -0.165. The maximum Gasteiger partial charge on any atom is 0.218 e. The molecule has 1 atom stereocenters. The van der Waals surface area contributed by atoms with Crippen molar-refractivity contribution < 1.29 is 9.47 Å². The first-order valence-electron chi connectivity index (χ1n) is 3.28. The van der Waals surface area contributed by atoms with Crippen molar-refractivity contribution >= 4 is 0 Å². The van der Waals surface area contributed by atoms with E-state index in [4.69, 9.17) is 9.47 Å². The fraction of sp³-hybridized carbons (Fsp3) is 1.00. The SMILES string of the molecule is CCOC1OCCN1C. The van der Waals surface area contributed by atoms with E-state index in [2.05, 4.69) is 0 Å². The van der Waals surface area contributed by atoms with Gasteiger partial charge in [0.15, 0.2) is 0 Å². The molecule has 9 heavy (non-hydrogen) atoms. The van der Waals surface area contributed by atoms with Crippen LogP contribution >= 0.6 is 0 Å². The van der Waals surface area contributed by atoms with Crippen LogP contribution in [0.3, 0.4) is 0 Å². The second-order valence-corrected chi connectivity index (χ2v) is 2.11. The summed E-state index contributed by atoms with van der Waals surface area (Å²) in [6.07, 6.45) is -0.0880. The summed E-state index contributed by atoms with van der Waals surface area (Å²) in [4.78, 5) is 2.05. The Morgan fingerprint density at radius 2 is 2.56 bits per heavy atom. The van der Waals surface area contributed by atoms with Crippen LogP contribution in [0.4, 0.5) is 0 Å². The molecule has 1 saturated heterocycles. The Labute approximate surface area is 55.5 Å². The predicted octanol–water partition coefficient (Wildman–Crippen LogP) is 0.268. The van der Waals surface area contributed by atoms with Crippen LogP contribution in [-0.2, 0) is 9.47 Å². The monoisotopic (exact) mass is 131 g/mol. The molecule has 1 aliphatic rings. The zero-order chi connectivity index (χ0) is 6.69. The van der Waals surface area contributed by atoms with Crippen molar-refractivity contribution in [1.82, 2.24) is 4.90 Å². The number of rotatable bonds is 2. The predicted molar refractivity (Wildman–Crippen MR) is 34.0 cm³/mol. The summed E-state index contributed by atoms with van der Waals surface area (Å²) in [6, 6.07) is 0. The van der Waals surface area contributed by atoms with Gasteiger partial charge in [-0.25, -0.2) is 0 Å². The van der Waals surface area contributed by atoms with E-state index < -0.39 is 0 Å². The van der Waals surface area contributed by atoms with Crippen molar-refractivity contribution in [2.75, 3.05) is 26.8 Å². The first kappa shape index (κ1) is 6.99. The molecule has 0 amide bonds. The lowest BCUT2D eigenvalue weighted by atomic mass is 10.7. The van der Waals surface area contributed by atoms with Gasteiger partial charge in [-0.1, -0.05) is 0 Å². The molecule has 1 aliphatic heterocycles. The molecule has 0 N–H and O–H groups in total. The van der Waals surface area contributed by atoms with Gasteiger partial charge in [0.05, 0.1) is 6.61 Å². The molecule has 0 radical (unpaired) electrons. The van der Waals surface area contributed by atoms with Gasteiger partial charge in [0.2, 0.25) is 6.41 Å². The van der Waals surface area contributed by atoms with E-state index in [1.54, 1.807) is 0 Å². The Hall–Kier alpha value is -0.120. The first-order chi connectivity index (χ1) is 4.34. The molecule has 0 aromatic heterocycles. The molecule has 54 valence electrons. The molecule has 1 heterocycles. The minimum absolute atomic E-state index is 0.0880. The van der Waals surface area contributed by atoms with Crippen LogP contribution in [0.25, 0.3) is 0 Å². The summed E-state index contributed by atoms with van der Waals surface area (Å²) in [5.41, 5.74) is 0. The number of likely N-dealkylation sites (N-methyl/N-ethyl adjacent to an activating group) is 1. The highest BCUT2D eigenvalue weighted by Gasteiger charge is 2.20. The third-order valence-corrected chi connectivity index (χ3v) is 1.37. The van der Waals surface area contributed by atoms with E-state index >= 15 is 0 Å². The highest BCUT2D eigenvalue weighted by atomic mass is 16.7. The maximum absolute atomic E-state index is 5.22. The van der Waals surface area contributed by atoms with Gasteiger partial charge in [-0.2, -0.15) is 0 Å². The molecule has 3 heteroatoms. The number of hydrogen-bond acceptors (Lipinski definition) is 3. The summed E-state index contributed by atoms with van der Waals surface area (Å²) >= 11 is 0. The van der Waals surface area contributed by atoms with Crippen molar-refractivity contribution in [3.63, 3.8) is 0 Å². The normalized spacial score (nSPS) is 29.3. The minimum atomic E-state index is -0.0880. The van der Waals surface area contributed by atoms with Gasteiger partial charge < -0.3 is 9.47 Å². The van der Waals surface area contributed by atoms with Crippen molar-refractivity contribution in [3.8, 4) is 0 Å². The molecular weight excluding hydrogens is 118 g/mol. The second-order valence-electron chi connectivity index (χ2n) is 2.11. The molecule has 0 aromatic rings. The zero-order valence-corrected chi connectivity index (χ0v) is 5.96. The number of ether oxygens (including phenoxy) is 2. The van der Waals surface area contributed by atoms with Gasteiger partial charge in [-0.05, 0) is 14.0 Å². The Kier molecular flexibility index (Phi) is 2.45. The summed E-state index contributed by atoms with van der Waals surface area (Å²) in [5.74, 6) is 0. The summed E-state index contributed by atoms with van der Waals surface area (Å²) in [6.45, 7) is 4.45. The fourth-order valence-electron chi connectivity index (χ4n) is 0.848. The molecule has 3 nitrogen and oxygen atoms in total. The van der Waals surface area contributed by atoms with E-state index in [0.717, 1.165) is 19.8 Å². The quantitative estimate of drug-likeness (QED) is 0.537. The lowest BCUT2D eigenvalue weighted by Gasteiger charge is -2.16. The molecule has 1 rings (SSSR count). The van der Waals surface area contributed by atoms with E-state index in [1.165, 1.54) is 0 Å². The Balaban J connectivity index is 2.22. The van der Waals surface area contributed by atoms with Crippen LogP contribution in [0.5, 0.6) is 0 Å². The number of nitrogens with zero attached hydrogens (tertiary/aromatic N) is 1. The highest BCUT2D eigenvalue weighted by molar-refractivity contribution is 4.55. The smallest absolute Gasteiger partial charge is 0.218 e. The van der Waals surface area contributed by atoms with E-state index in [9.17, 15) is 0 Å². The topological polar surface area (TPSA) is 21.7 Å².